The zero-order valence-electron chi connectivity index (χ0n) is 10.1. The number of hydrogen-bond donors (Lipinski definition) is 1. The maximum atomic E-state index is 13.4. The minimum absolute atomic E-state index is 0.144. The molecule has 2 aromatic carbocycles. The van der Waals surface area contributed by atoms with Crippen molar-refractivity contribution in [3.63, 3.8) is 0 Å². The van der Waals surface area contributed by atoms with E-state index in [9.17, 15) is 4.39 Å². The van der Waals surface area contributed by atoms with E-state index in [1.807, 2.05) is 30.3 Å². The van der Waals surface area contributed by atoms with Gasteiger partial charge in [0.15, 0.2) is 0 Å². The van der Waals surface area contributed by atoms with Crippen molar-refractivity contribution < 1.29 is 4.39 Å². The summed E-state index contributed by atoms with van der Waals surface area (Å²) in [7, 11) is 0. The van der Waals surface area contributed by atoms with Crippen LogP contribution >= 0.6 is 0 Å². The second-order valence-electron chi connectivity index (χ2n) is 4.25. The molecule has 0 radical (unpaired) electrons. The number of hydrogen-bond acceptors (Lipinski definition) is 1. The van der Waals surface area contributed by atoms with Gasteiger partial charge in [0.05, 0.1) is 0 Å². The van der Waals surface area contributed by atoms with E-state index in [1.165, 1.54) is 5.56 Å². The summed E-state index contributed by atoms with van der Waals surface area (Å²) in [4.78, 5) is 0. The van der Waals surface area contributed by atoms with Crippen LogP contribution in [0.25, 0.3) is 0 Å². The Morgan fingerprint density at radius 3 is 2.47 bits per heavy atom. The lowest BCUT2D eigenvalue weighted by Gasteiger charge is -2.09. The Bertz CT molecular complexity index is 520. The minimum atomic E-state index is -0.144. The SMILES string of the molecule is Cc1ccc(CNc2ccccc2C)cc1F. The van der Waals surface area contributed by atoms with Gasteiger partial charge in [-0.15, -0.1) is 0 Å². The third kappa shape index (κ3) is 2.84. The average molecular weight is 229 g/mol. The zero-order chi connectivity index (χ0) is 12.3. The van der Waals surface area contributed by atoms with E-state index in [0.717, 1.165) is 11.3 Å². The van der Waals surface area contributed by atoms with Gasteiger partial charge in [-0.05, 0) is 42.7 Å². The van der Waals surface area contributed by atoms with E-state index in [-0.39, 0.29) is 5.82 Å². The third-order valence-corrected chi connectivity index (χ3v) is 2.86. The molecule has 0 saturated heterocycles. The predicted octanol–water partition coefficient (Wildman–Crippen LogP) is 4.05. The fraction of sp³-hybridized carbons (Fsp3) is 0.200. The van der Waals surface area contributed by atoms with Crippen molar-refractivity contribution in [1.82, 2.24) is 0 Å². The summed E-state index contributed by atoms with van der Waals surface area (Å²) in [6, 6.07) is 13.4. The number of nitrogens with one attached hydrogen (secondary N) is 1. The highest BCUT2D eigenvalue weighted by Gasteiger charge is 2.00. The highest BCUT2D eigenvalue weighted by Crippen LogP contribution is 2.15. The van der Waals surface area contributed by atoms with E-state index in [2.05, 4.69) is 18.3 Å². The van der Waals surface area contributed by atoms with Crippen LogP contribution in [0.4, 0.5) is 10.1 Å². The quantitative estimate of drug-likeness (QED) is 0.837. The molecule has 1 nitrogen and oxygen atoms in total. The summed E-state index contributed by atoms with van der Waals surface area (Å²) in [6.07, 6.45) is 0. The van der Waals surface area contributed by atoms with Crippen LogP contribution in [0.15, 0.2) is 42.5 Å². The molecule has 0 aliphatic heterocycles. The molecular weight excluding hydrogens is 213 g/mol. The smallest absolute Gasteiger partial charge is 0.126 e. The molecule has 0 atom stereocenters. The average Bonchev–Trinajstić information content (AvgIpc) is 2.32. The molecule has 0 unspecified atom stereocenters. The first kappa shape index (κ1) is 11.6. The molecule has 0 saturated carbocycles. The molecule has 0 fully saturated rings. The summed E-state index contributed by atoms with van der Waals surface area (Å²) < 4.78 is 13.4. The van der Waals surface area contributed by atoms with Crippen LogP contribution in [0.1, 0.15) is 16.7 Å². The molecule has 2 rings (SSSR count). The van der Waals surface area contributed by atoms with Crippen molar-refractivity contribution in [2.45, 2.75) is 20.4 Å². The number of benzene rings is 2. The van der Waals surface area contributed by atoms with Gasteiger partial charge in [0.25, 0.3) is 0 Å². The molecule has 88 valence electrons. The third-order valence-electron chi connectivity index (χ3n) is 2.86. The fourth-order valence-electron chi connectivity index (χ4n) is 1.71. The van der Waals surface area contributed by atoms with Crippen LogP contribution in [-0.2, 0) is 6.54 Å². The van der Waals surface area contributed by atoms with E-state index < -0.39 is 0 Å². The molecule has 17 heavy (non-hydrogen) atoms. The minimum Gasteiger partial charge on any atom is -0.381 e. The molecule has 0 aliphatic carbocycles. The van der Waals surface area contributed by atoms with Crippen molar-refractivity contribution in [1.29, 1.82) is 0 Å². The summed E-state index contributed by atoms with van der Waals surface area (Å²) in [5, 5.41) is 3.31. The van der Waals surface area contributed by atoms with E-state index in [0.29, 0.717) is 12.1 Å². The van der Waals surface area contributed by atoms with Gasteiger partial charge in [-0.3, -0.25) is 0 Å². The Labute approximate surface area is 101 Å². The number of anilines is 1. The standard InChI is InChI=1S/C15H16FN/c1-11-7-8-13(9-14(11)16)10-17-15-6-4-3-5-12(15)2/h3-9,17H,10H2,1-2H3. The Balaban J connectivity index is 2.08. The number of aryl methyl sites for hydroxylation is 2. The van der Waals surface area contributed by atoms with Gasteiger partial charge < -0.3 is 5.32 Å². The first-order valence-electron chi connectivity index (χ1n) is 5.71. The topological polar surface area (TPSA) is 12.0 Å². The van der Waals surface area contributed by atoms with Gasteiger partial charge >= 0.3 is 0 Å². The van der Waals surface area contributed by atoms with Gasteiger partial charge in [0.2, 0.25) is 0 Å². The predicted molar refractivity (Wildman–Crippen MR) is 69.6 cm³/mol. The van der Waals surface area contributed by atoms with Crippen molar-refractivity contribution in [2.75, 3.05) is 5.32 Å². The first-order chi connectivity index (χ1) is 8.16. The Hall–Kier alpha value is -1.83. The van der Waals surface area contributed by atoms with Crippen molar-refractivity contribution >= 4 is 5.69 Å². The maximum Gasteiger partial charge on any atom is 0.126 e. The summed E-state index contributed by atoms with van der Waals surface area (Å²) >= 11 is 0. The number of halogens is 1. The van der Waals surface area contributed by atoms with Gasteiger partial charge in [-0.1, -0.05) is 30.3 Å². The normalized spacial score (nSPS) is 10.3. The second-order valence-corrected chi connectivity index (χ2v) is 4.25. The Morgan fingerprint density at radius 1 is 1.00 bits per heavy atom. The largest absolute Gasteiger partial charge is 0.381 e. The van der Waals surface area contributed by atoms with Crippen molar-refractivity contribution in [3.05, 3.63) is 65.0 Å². The van der Waals surface area contributed by atoms with Crippen molar-refractivity contribution in [2.24, 2.45) is 0 Å². The van der Waals surface area contributed by atoms with E-state index in [1.54, 1.807) is 13.0 Å². The first-order valence-corrected chi connectivity index (χ1v) is 5.71. The lowest BCUT2D eigenvalue weighted by Crippen LogP contribution is -2.01. The molecule has 0 heterocycles. The van der Waals surface area contributed by atoms with Gasteiger partial charge in [0.1, 0.15) is 5.82 Å². The Kier molecular flexibility index (Phi) is 3.43. The zero-order valence-corrected chi connectivity index (χ0v) is 10.1. The molecule has 0 aromatic heterocycles. The van der Waals surface area contributed by atoms with Crippen LogP contribution in [-0.4, -0.2) is 0 Å². The molecule has 0 aliphatic rings. The summed E-state index contributed by atoms with van der Waals surface area (Å²) in [5.74, 6) is -0.144. The van der Waals surface area contributed by atoms with Crippen molar-refractivity contribution in [3.8, 4) is 0 Å². The monoisotopic (exact) mass is 229 g/mol. The molecule has 0 bridgehead atoms. The number of rotatable bonds is 3. The maximum absolute atomic E-state index is 13.4. The molecule has 0 amide bonds. The van der Waals surface area contributed by atoms with Crippen LogP contribution in [0, 0.1) is 19.7 Å². The van der Waals surface area contributed by atoms with Crippen LogP contribution in [0.5, 0.6) is 0 Å². The van der Waals surface area contributed by atoms with Gasteiger partial charge in [-0.25, -0.2) is 4.39 Å². The number of para-hydroxylation sites is 1. The van der Waals surface area contributed by atoms with Crippen LogP contribution < -0.4 is 5.32 Å². The fourth-order valence-corrected chi connectivity index (χ4v) is 1.71. The lowest BCUT2D eigenvalue weighted by atomic mass is 10.1. The molecule has 0 spiro atoms. The highest BCUT2D eigenvalue weighted by molar-refractivity contribution is 5.50. The van der Waals surface area contributed by atoms with Gasteiger partial charge in [0, 0.05) is 12.2 Å². The van der Waals surface area contributed by atoms with Crippen LogP contribution in [0.2, 0.25) is 0 Å². The molecule has 1 N–H and O–H groups in total. The van der Waals surface area contributed by atoms with E-state index >= 15 is 0 Å². The van der Waals surface area contributed by atoms with Crippen LogP contribution in [0.3, 0.4) is 0 Å². The molecular formula is C15H16FN. The Morgan fingerprint density at radius 2 is 1.76 bits per heavy atom. The summed E-state index contributed by atoms with van der Waals surface area (Å²) in [5.41, 5.74) is 3.93. The highest BCUT2D eigenvalue weighted by atomic mass is 19.1. The second kappa shape index (κ2) is 5.00. The molecule has 2 aromatic rings. The van der Waals surface area contributed by atoms with Gasteiger partial charge in [-0.2, -0.15) is 0 Å². The summed E-state index contributed by atoms with van der Waals surface area (Å²) in [6.45, 7) is 4.47. The van der Waals surface area contributed by atoms with E-state index in [4.69, 9.17) is 0 Å². The molecule has 2 heteroatoms. The lowest BCUT2D eigenvalue weighted by molar-refractivity contribution is 0.616.